The Morgan fingerprint density at radius 3 is 2.56 bits per heavy atom. The molecule has 0 aliphatic rings. The zero-order chi connectivity index (χ0) is 7.11. The molecule has 0 aromatic rings. The molecule has 0 amide bonds. The van der Waals surface area contributed by atoms with E-state index < -0.39 is 0 Å². The Hall–Kier alpha value is -0.590. The maximum absolute atomic E-state index is 3.86. The van der Waals surface area contributed by atoms with Gasteiger partial charge in [-0.05, 0) is 5.92 Å². The van der Waals surface area contributed by atoms with Gasteiger partial charge in [-0.1, -0.05) is 26.0 Å². The highest BCUT2D eigenvalue weighted by molar-refractivity contribution is 5.58. The summed E-state index contributed by atoms with van der Waals surface area (Å²) in [5, 5.41) is 0. The lowest BCUT2D eigenvalue weighted by Gasteiger charge is -1.89. The predicted octanol–water partition coefficient (Wildman–Crippen LogP) is 2.29. The molecule has 0 atom stereocenters. The fourth-order valence-corrected chi connectivity index (χ4v) is 0.517. The average Bonchev–Trinajstić information content (AvgIpc) is 1.80. The molecule has 0 spiro atoms. The van der Waals surface area contributed by atoms with Crippen LogP contribution in [0.1, 0.15) is 20.3 Å². The minimum atomic E-state index is 0.662. The van der Waals surface area contributed by atoms with E-state index in [1.807, 2.05) is 6.21 Å². The molecule has 0 rings (SSSR count). The average molecular weight is 125 g/mol. The Kier molecular flexibility index (Phi) is 5.18. The Bertz CT molecular complexity index is 101. The van der Waals surface area contributed by atoms with Gasteiger partial charge < -0.3 is 4.99 Å². The van der Waals surface area contributed by atoms with Gasteiger partial charge in [0.15, 0.2) is 0 Å². The fourth-order valence-electron chi connectivity index (χ4n) is 0.517. The first-order valence-corrected chi connectivity index (χ1v) is 3.34. The number of hydrogen-bond donors (Lipinski definition) is 0. The maximum Gasteiger partial charge on any atom is 0.0273 e. The molecule has 0 bridgehead atoms. The van der Waals surface area contributed by atoms with Crippen LogP contribution in [-0.2, 0) is 0 Å². The van der Waals surface area contributed by atoms with Crippen LogP contribution >= 0.6 is 0 Å². The van der Waals surface area contributed by atoms with Gasteiger partial charge in [0.2, 0.25) is 0 Å². The van der Waals surface area contributed by atoms with E-state index >= 15 is 0 Å². The Balaban J connectivity index is 3.25. The molecule has 0 aromatic carbocycles. The van der Waals surface area contributed by atoms with Crippen molar-refractivity contribution in [1.82, 2.24) is 0 Å². The third-order valence-corrected chi connectivity index (χ3v) is 0.945. The molecular weight excluding hydrogens is 110 g/mol. The minimum Gasteiger partial charge on any atom is -0.301 e. The topological polar surface area (TPSA) is 12.4 Å². The molecule has 1 nitrogen and oxygen atoms in total. The van der Waals surface area contributed by atoms with E-state index in [0.717, 1.165) is 6.42 Å². The van der Waals surface area contributed by atoms with Crippen molar-refractivity contribution in [2.24, 2.45) is 10.9 Å². The summed E-state index contributed by atoms with van der Waals surface area (Å²) < 4.78 is 0. The molecule has 0 aliphatic carbocycles. The first-order valence-electron chi connectivity index (χ1n) is 3.34. The molecule has 0 N–H and O–H groups in total. The van der Waals surface area contributed by atoms with Crippen LogP contribution < -0.4 is 0 Å². The molecule has 0 heterocycles. The van der Waals surface area contributed by atoms with E-state index in [1.165, 1.54) is 0 Å². The lowest BCUT2D eigenvalue weighted by atomic mass is 10.2. The standard InChI is InChI=1S/C8H15N/c1-8(2)6-4-5-7-9-3/h4,6-8H,5H2,1-3H3/b6-4-,9-7?. The number of aliphatic imine (C=N–C) groups is 1. The third-order valence-electron chi connectivity index (χ3n) is 0.945. The van der Waals surface area contributed by atoms with Crippen LogP contribution in [0.15, 0.2) is 17.1 Å². The molecular formula is C8H15N. The molecule has 52 valence electrons. The lowest BCUT2D eigenvalue weighted by Crippen LogP contribution is -1.77. The zero-order valence-electron chi connectivity index (χ0n) is 6.46. The first-order chi connectivity index (χ1) is 4.27. The second kappa shape index (κ2) is 5.54. The fraction of sp³-hybridized carbons (Fsp3) is 0.625. The monoisotopic (exact) mass is 125 g/mol. The molecule has 0 fully saturated rings. The largest absolute Gasteiger partial charge is 0.301 e. The molecule has 0 saturated carbocycles. The van der Waals surface area contributed by atoms with Gasteiger partial charge in [0.1, 0.15) is 0 Å². The number of nitrogens with zero attached hydrogens (tertiary/aromatic N) is 1. The van der Waals surface area contributed by atoms with Crippen molar-refractivity contribution >= 4 is 6.21 Å². The highest BCUT2D eigenvalue weighted by atomic mass is 14.6. The van der Waals surface area contributed by atoms with Crippen LogP contribution in [0.4, 0.5) is 0 Å². The summed E-state index contributed by atoms with van der Waals surface area (Å²) in [6.45, 7) is 4.33. The number of rotatable bonds is 3. The Morgan fingerprint density at radius 1 is 1.44 bits per heavy atom. The van der Waals surface area contributed by atoms with Crippen molar-refractivity contribution in [2.45, 2.75) is 20.3 Å². The summed E-state index contributed by atoms with van der Waals surface area (Å²) in [6.07, 6.45) is 7.19. The van der Waals surface area contributed by atoms with Crippen LogP contribution in [0.5, 0.6) is 0 Å². The molecule has 0 unspecified atom stereocenters. The van der Waals surface area contributed by atoms with E-state index in [4.69, 9.17) is 0 Å². The highest BCUT2D eigenvalue weighted by Crippen LogP contribution is 1.93. The molecule has 0 aliphatic heterocycles. The van der Waals surface area contributed by atoms with Gasteiger partial charge >= 0.3 is 0 Å². The first kappa shape index (κ1) is 8.41. The molecule has 0 aromatic heterocycles. The van der Waals surface area contributed by atoms with Gasteiger partial charge in [0.25, 0.3) is 0 Å². The summed E-state index contributed by atoms with van der Waals surface area (Å²) in [5.41, 5.74) is 0. The van der Waals surface area contributed by atoms with Gasteiger partial charge in [-0.15, -0.1) is 0 Å². The van der Waals surface area contributed by atoms with Crippen molar-refractivity contribution in [1.29, 1.82) is 0 Å². The highest BCUT2D eigenvalue weighted by Gasteiger charge is 1.79. The van der Waals surface area contributed by atoms with Gasteiger partial charge in [0, 0.05) is 19.7 Å². The molecule has 1 heteroatoms. The van der Waals surface area contributed by atoms with E-state index in [0.29, 0.717) is 5.92 Å². The number of hydrogen-bond acceptors (Lipinski definition) is 1. The summed E-state index contributed by atoms with van der Waals surface area (Å²) in [4.78, 5) is 3.86. The van der Waals surface area contributed by atoms with Gasteiger partial charge in [-0.25, -0.2) is 0 Å². The molecule has 0 radical (unpaired) electrons. The summed E-state index contributed by atoms with van der Waals surface area (Å²) in [6, 6.07) is 0. The van der Waals surface area contributed by atoms with Crippen LogP contribution in [-0.4, -0.2) is 13.3 Å². The van der Waals surface area contributed by atoms with Crippen LogP contribution in [0, 0.1) is 5.92 Å². The summed E-state index contributed by atoms with van der Waals surface area (Å²) >= 11 is 0. The van der Waals surface area contributed by atoms with Crippen LogP contribution in [0.3, 0.4) is 0 Å². The normalized spacial score (nSPS) is 12.4. The van der Waals surface area contributed by atoms with Crippen molar-refractivity contribution in [2.75, 3.05) is 7.05 Å². The lowest BCUT2D eigenvalue weighted by molar-refractivity contribution is 0.829. The quantitative estimate of drug-likeness (QED) is 0.405. The Labute approximate surface area is 57.5 Å². The third kappa shape index (κ3) is 7.41. The molecule has 9 heavy (non-hydrogen) atoms. The van der Waals surface area contributed by atoms with E-state index in [1.54, 1.807) is 7.05 Å². The Morgan fingerprint density at radius 2 is 2.11 bits per heavy atom. The maximum atomic E-state index is 3.86. The smallest absolute Gasteiger partial charge is 0.0273 e. The number of allylic oxidation sites excluding steroid dienone is 2. The second-order valence-electron chi connectivity index (χ2n) is 2.35. The van der Waals surface area contributed by atoms with Gasteiger partial charge in [-0.3, -0.25) is 0 Å². The molecule has 0 saturated heterocycles. The minimum absolute atomic E-state index is 0.662. The van der Waals surface area contributed by atoms with Crippen molar-refractivity contribution in [3.63, 3.8) is 0 Å². The van der Waals surface area contributed by atoms with Gasteiger partial charge in [0.05, 0.1) is 0 Å². The van der Waals surface area contributed by atoms with Crippen molar-refractivity contribution in [3.8, 4) is 0 Å². The van der Waals surface area contributed by atoms with Crippen LogP contribution in [0.25, 0.3) is 0 Å². The van der Waals surface area contributed by atoms with Gasteiger partial charge in [-0.2, -0.15) is 0 Å². The van der Waals surface area contributed by atoms with Crippen molar-refractivity contribution in [3.05, 3.63) is 12.2 Å². The van der Waals surface area contributed by atoms with E-state index in [2.05, 4.69) is 31.0 Å². The SMILES string of the molecule is CN=CC/C=C\C(C)C. The van der Waals surface area contributed by atoms with E-state index in [-0.39, 0.29) is 0 Å². The predicted molar refractivity (Wildman–Crippen MR) is 43.0 cm³/mol. The van der Waals surface area contributed by atoms with Crippen molar-refractivity contribution < 1.29 is 0 Å². The summed E-state index contributed by atoms with van der Waals surface area (Å²) in [7, 11) is 1.79. The summed E-state index contributed by atoms with van der Waals surface area (Å²) in [5.74, 6) is 0.662. The van der Waals surface area contributed by atoms with Crippen LogP contribution in [0.2, 0.25) is 0 Å². The second-order valence-corrected chi connectivity index (χ2v) is 2.35. The zero-order valence-corrected chi connectivity index (χ0v) is 6.46. The van der Waals surface area contributed by atoms with E-state index in [9.17, 15) is 0 Å².